The number of halogens is 1. The van der Waals surface area contributed by atoms with Crippen molar-refractivity contribution in [3.63, 3.8) is 0 Å². The molecule has 1 N–H and O–H groups in total. The maximum atomic E-state index is 12.3. The quantitative estimate of drug-likeness (QED) is 0.648. The number of nitro groups is 1. The Kier molecular flexibility index (Phi) is 4.71. The maximum absolute atomic E-state index is 12.3. The summed E-state index contributed by atoms with van der Waals surface area (Å²) in [6.07, 6.45) is 0. The van der Waals surface area contributed by atoms with E-state index in [0.717, 1.165) is 5.56 Å². The van der Waals surface area contributed by atoms with Crippen molar-refractivity contribution in [2.45, 2.75) is 26.2 Å². The third-order valence-corrected chi connectivity index (χ3v) is 3.75. The monoisotopic (exact) mass is 332 g/mol. The number of hydrogen-bond donors (Lipinski definition) is 1. The SMILES string of the molecule is CC(C)(C)c1ccc(C(=O)Nc2cc([N+](=O)[O-])ccc2Cl)cc1. The van der Waals surface area contributed by atoms with E-state index >= 15 is 0 Å². The Bertz CT molecular complexity index is 749. The van der Waals surface area contributed by atoms with Crippen LogP contribution in [0.15, 0.2) is 42.5 Å². The summed E-state index contributed by atoms with van der Waals surface area (Å²) in [5.41, 5.74) is 1.65. The number of anilines is 1. The third kappa shape index (κ3) is 4.07. The predicted molar refractivity (Wildman–Crippen MR) is 91.2 cm³/mol. The minimum absolute atomic E-state index is 0.00163. The standard InChI is InChI=1S/C17H17ClN2O3/c1-17(2,3)12-6-4-11(5-7-12)16(21)19-15-10-13(20(22)23)8-9-14(15)18/h4-10H,1-3H3,(H,19,21). The van der Waals surface area contributed by atoms with Gasteiger partial charge in [0.2, 0.25) is 0 Å². The number of hydrogen-bond acceptors (Lipinski definition) is 3. The molecule has 0 spiro atoms. The summed E-state index contributed by atoms with van der Waals surface area (Å²) in [5, 5.41) is 13.7. The Hall–Kier alpha value is -2.40. The minimum Gasteiger partial charge on any atom is -0.320 e. The van der Waals surface area contributed by atoms with Gasteiger partial charge in [-0.3, -0.25) is 14.9 Å². The largest absolute Gasteiger partial charge is 0.320 e. The van der Waals surface area contributed by atoms with Crippen LogP contribution in [0, 0.1) is 10.1 Å². The minimum atomic E-state index is -0.538. The van der Waals surface area contributed by atoms with Gasteiger partial charge in [0.05, 0.1) is 15.6 Å². The van der Waals surface area contributed by atoms with Gasteiger partial charge in [0.15, 0.2) is 0 Å². The molecule has 0 unspecified atom stereocenters. The van der Waals surface area contributed by atoms with Crippen molar-refractivity contribution in [1.82, 2.24) is 0 Å². The van der Waals surface area contributed by atoms with E-state index in [0.29, 0.717) is 5.56 Å². The highest BCUT2D eigenvalue weighted by molar-refractivity contribution is 6.34. The number of benzene rings is 2. The lowest BCUT2D eigenvalue weighted by atomic mass is 9.87. The van der Waals surface area contributed by atoms with Crippen molar-refractivity contribution in [2.24, 2.45) is 0 Å². The molecule has 0 saturated heterocycles. The molecule has 0 aromatic heterocycles. The maximum Gasteiger partial charge on any atom is 0.271 e. The number of rotatable bonds is 3. The van der Waals surface area contributed by atoms with E-state index in [9.17, 15) is 14.9 Å². The third-order valence-electron chi connectivity index (χ3n) is 3.42. The Morgan fingerprint density at radius 1 is 1.13 bits per heavy atom. The zero-order chi connectivity index (χ0) is 17.2. The van der Waals surface area contributed by atoms with Crippen molar-refractivity contribution in [3.05, 3.63) is 68.7 Å². The first kappa shape index (κ1) is 17.0. The molecule has 0 bridgehead atoms. The summed E-state index contributed by atoms with van der Waals surface area (Å²) >= 11 is 5.98. The van der Waals surface area contributed by atoms with Gasteiger partial charge < -0.3 is 5.32 Å². The molecule has 6 heteroatoms. The first-order chi connectivity index (χ1) is 10.7. The lowest BCUT2D eigenvalue weighted by Crippen LogP contribution is -2.14. The van der Waals surface area contributed by atoms with E-state index in [1.165, 1.54) is 18.2 Å². The van der Waals surface area contributed by atoms with Crippen LogP contribution >= 0.6 is 11.6 Å². The molecule has 2 aromatic rings. The van der Waals surface area contributed by atoms with Crippen molar-refractivity contribution in [1.29, 1.82) is 0 Å². The van der Waals surface area contributed by atoms with Gasteiger partial charge in [-0.15, -0.1) is 0 Å². The average molecular weight is 333 g/mol. The molecule has 0 fully saturated rings. The average Bonchev–Trinajstić information content (AvgIpc) is 2.48. The van der Waals surface area contributed by atoms with E-state index < -0.39 is 4.92 Å². The molecule has 0 radical (unpaired) electrons. The first-order valence-electron chi connectivity index (χ1n) is 7.04. The molecule has 0 aliphatic rings. The van der Waals surface area contributed by atoms with E-state index in [1.54, 1.807) is 12.1 Å². The van der Waals surface area contributed by atoms with Crippen LogP contribution in [0.5, 0.6) is 0 Å². The number of carbonyl (C=O) groups excluding carboxylic acids is 1. The zero-order valence-corrected chi connectivity index (χ0v) is 13.8. The lowest BCUT2D eigenvalue weighted by Gasteiger charge is -2.19. The molecule has 5 nitrogen and oxygen atoms in total. The first-order valence-corrected chi connectivity index (χ1v) is 7.42. The summed E-state index contributed by atoms with van der Waals surface area (Å²) < 4.78 is 0. The smallest absolute Gasteiger partial charge is 0.271 e. The molecule has 2 aromatic carbocycles. The second-order valence-corrected chi connectivity index (χ2v) is 6.61. The number of non-ortho nitro benzene ring substituents is 1. The van der Waals surface area contributed by atoms with Crippen LogP contribution in [-0.2, 0) is 5.41 Å². The van der Waals surface area contributed by atoms with Gasteiger partial charge in [-0.25, -0.2) is 0 Å². The van der Waals surface area contributed by atoms with E-state index in [2.05, 4.69) is 26.1 Å². The van der Waals surface area contributed by atoms with Gasteiger partial charge in [-0.1, -0.05) is 44.5 Å². The highest BCUT2D eigenvalue weighted by atomic mass is 35.5. The van der Waals surface area contributed by atoms with Crippen LogP contribution in [0.2, 0.25) is 5.02 Å². The highest BCUT2D eigenvalue weighted by Crippen LogP contribution is 2.27. The molecule has 0 heterocycles. The molecule has 0 atom stereocenters. The van der Waals surface area contributed by atoms with Gasteiger partial charge in [-0.2, -0.15) is 0 Å². The van der Waals surface area contributed by atoms with Gasteiger partial charge in [0, 0.05) is 17.7 Å². The highest BCUT2D eigenvalue weighted by Gasteiger charge is 2.16. The van der Waals surface area contributed by atoms with Crippen LogP contribution in [0.25, 0.3) is 0 Å². The Labute approximate surface area is 139 Å². The topological polar surface area (TPSA) is 72.2 Å². The molecule has 120 valence electrons. The summed E-state index contributed by atoms with van der Waals surface area (Å²) in [4.78, 5) is 22.5. The Morgan fingerprint density at radius 2 is 1.74 bits per heavy atom. The molecule has 0 aliphatic heterocycles. The summed E-state index contributed by atoms with van der Waals surface area (Å²) in [7, 11) is 0. The molecule has 23 heavy (non-hydrogen) atoms. The van der Waals surface area contributed by atoms with E-state index in [1.807, 2.05) is 12.1 Å². The van der Waals surface area contributed by atoms with Gasteiger partial charge in [-0.05, 0) is 29.2 Å². The fourth-order valence-corrected chi connectivity index (χ4v) is 2.20. The van der Waals surface area contributed by atoms with Crippen molar-refractivity contribution in [2.75, 3.05) is 5.32 Å². The Morgan fingerprint density at radius 3 is 2.26 bits per heavy atom. The van der Waals surface area contributed by atoms with Gasteiger partial charge in [0.1, 0.15) is 0 Å². The van der Waals surface area contributed by atoms with E-state index in [4.69, 9.17) is 11.6 Å². The zero-order valence-electron chi connectivity index (χ0n) is 13.1. The summed E-state index contributed by atoms with van der Waals surface area (Å²) in [6, 6.07) is 11.1. The molecular weight excluding hydrogens is 316 g/mol. The molecule has 0 saturated carbocycles. The fourth-order valence-electron chi connectivity index (χ4n) is 2.04. The van der Waals surface area contributed by atoms with Crippen LogP contribution in [0.1, 0.15) is 36.7 Å². The van der Waals surface area contributed by atoms with E-state index in [-0.39, 0.29) is 27.7 Å². The number of nitrogens with zero attached hydrogens (tertiary/aromatic N) is 1. The van der Waals surface area contributed by atoms with Crippen molar-refractivity contribution < 1.29 is 9.72 Å². The predicted octanol–water partition coefficient (Wildman–Crippen LogP) is 4.80. The summed E-state index contributed by atoms with van der Waals surface area (Å²) in [6.45, 7) is 6.26. The normalized spacial score (nSPS) is 11.1. The Balaban J connectivity index is 2.22. The number of carbonyl (C=O) groups is 1. The molecular formula is C17H17ClN2O3. The van der Waals surface area contributed by atoms with Crippen LogP contribution in [0.4, 0.5) is 11.4 Å². The van der Waals surface area contributed by atoms with Crippen LogP contribution in [0.3, 0.4) is 0 Å². The van der Waals surface area contributed by atoms with Crippen LogP contribution in [-0.4, -0.2) is 10.8 Å². The number of nitro benzene ring substituents is 1. The number of amides is 1. The summed E-state index contributed by atoms with van der Waals surface area (Å²) in [5.74, 6) is -0.368. The fraction of sp³-hybridized carbons (Fsp3) is 0.235. The lowest BCUT2D eigenvalue weighted by molar-refractivity contribution is -0.384. The molecule has 0 aliphatic carbocycles. The van der Waals surface area contributed by atoms with Gasteiger partial charge in [0.25, 0.3) is 11.6 Å². The van der Waals surface area contributed by atoms with Crippen LogP contribution < -0.4 is 5.32 Å². The van der Waals surface area contributed by atoms with Gasteiger partial charge >= 0.3 is 0 Å². The number of nitrogens with one attached hydrogen (secondary N) is 1. The second kappa shape index (κ2) is 6.38. The second-order valence-electron chi connectivity index (χ2n) is 6.20. The molecule has 1 amide bonds. The molecule has 2 rings (SSSR count). The van der Waals surface area contributed by atoms with Crippen molar-refractivity contribution >= 4 is 28.9 Å². The van der Waals surface area contributed by atoms with Crippen molar-refractivity contribution in [3.8, 4) is 0 Å².